The Labute approximate surface area is 104 Å². The van der Waals surface area contributed by atoms with Gasteiger partial charge in [-0.25, -0.2) is 4.79 Å². The monoisotopic (exact) mass is 246 g/mol. The summed E-state index contributed by atoms with van der Waals surface area (Å²) < 4.78 is 1.46. The van der Waals surface area contributed by atoms with Crippen molar-refractivity contribution in [1.29, 1.82) is 0 Å². The maximum atomic E-state index is 10.9. The van der Waals surface area contributed by atoms with Gasteiger partial charge in [-0.3, -0.25) is 4.68 Å². The Kier molecular flexibility index (Phi) is 2.82. The molecule has 2 aromatic rings. The third-order valence-electron chi connectivity index (χ3n) is 2.82. The van der Waals surface area contributed by atoms with Crippen LogP contribution in [0.3, 0.4) is 0 Å². The molecule has 0 atom stereocenters. The Hall–Kier alpha value is -2.30. The van der Waals surface area contributed by atoms with E-state index in [4.69, 9.17) is 5.11 Å². The second kappa shape index (κ2) is 4.18. The number of aromatic carboxylic acids is 1. The van der Waals surface area contributed by atoms with Gasteiger partial charge in [-0.15, -0.1) is 0 Å². The molecule has 0 aliphatic carbocycles. The first-order valence-corrected chi connectivity index (χ1v) is 5.48. The number of hydrogen-bond donors (Lipinski definition) is 2. The fourth-order valence-electron chi connectivity index (χ4n) is 1.98. The van der Waals surface area contributed by atoms with Gasteiger partial charge in [0.25, 0.3) is 0 Å². The number of carboxylic acid groups (broad SMARTS) is 1. The van der Waals surface area contributed by atoms with Crippen molar-refractivity contribution in [3.63, 3.8) is 0 Å². The number of aryl methyl sites for hydroxylation is 3. The molecular formula is C13H14N2O3. The number of carboxylic acids is 1. The molecule has 2 N–H and O–H groups in total. The maximum absolute atomic E-state index is 10.9. The quantitative estimate of drug-likeness (QED) is 0.851. The number of phenols is 1. The van der Waals surface area contributed by atoms with E-state index < -0.39 is 5.97 Å². The molecule has 0 fully saturated rings. The van der Waals surface area contributed by atoms with Crippen molar-refractivity contribution in [1.82, 2.24) is 9.78 Å². The predicted octanol–water partition coefficient (Wildman–Crippen LogP) is 2.11. The molecule has 0 radical (unpaired) electrons. The minimum absolute atomic E-state index is 0.0361. The topological polar surface area (TPSA) is 75.3 Å². The van der Waals surface area contributed by atoms with E-state index in [1.807, 2.05) is 19.1 Å². The van der Waals surface area contributed by atoms with E-state index in [0.717, 1.165) is 11.1 Å². The molecule has 0 amide bonds. The van der Waals surface area contributed by atoms with Crippen molar-refractivity contribution >= 4 is 5.97 Å². The highest BCUT2D eigenvalue weighted by molar-refractivity contribution is 5.87. The Morgan fingerprint density at radius 3 is 2.50 bits per heavy atom. The number of carbonyl (C=O) groups is 1. The van der Waals surface area contributed by atoms with E-state index in [1.165, 1.54) is 10.7 Å². The van der Waals surface area contributed by atoms with Crippen LogP contribution in [0, 0.1) is 13.8 Å². The van der Waals surface area contributed by atoms with Gasteiger partial charge in [-0.1, -0.05) is 6.07 Å². The fraction of sp³-hybridized carbons (Fsp3) is 0.231. The van der Waals surface area contributed by atoms with Gasteiger partial charge in [0, 0.05) is 12.6 Å². The number of benzene rings is 1. The Morgan fingerprint density at radius 1 is 1.28 bits per heavy atom. The van der Waals surface area contributed by atoms with E-state index >= 15 is 0 Å². The second-order valence-electron chi connectivity index (χ2n) is 4.32. The van der Waals surface area contributed by atoms with Crippen molar-refractivity contribution < 1.29 is 15.0 Å². The molecule has 18 heavy (non-hydrogen) atoms. The molecule has 0 aliphatic heterocycles. The minimum atomic E-state index is -1.08. The number of rotatable bonds is 2. The van der Waals surface area contributed by atoms with Crippen LogP contribution in [0.2, 0.25) is 0 Å². The van der Waals surface area contributed by atoms with Gasteiger partial charge < -0.3 is 10.2 Å². The molecule has 0 saturated carbocycles. The Bertz CT molecular complexity index is 629. The number of hydrogen-bond acceptors (Lipinski definition) is 3. The van der Waals surface area contributed by atoms with Crippen LogP contribution in [0.25, 0.3) is 11.3 Å². The first-order chi connectivity index (χ1) is 8.40. The summed E-state index contributed by atoms with van der Waals surface area (Å²) in [5.41, 5.74) is 2.89. The Morgan fingerprint density at radius 2 is 1.94 bits per heavy atom. The largest absolute Gasteiger partial charge is 0.507 e. The molecule has 0 saturated heterocycles. The van der Waals surface area contributed by atoms with E-state index in [1.54, 1.807) is 14.0 Å². The summed E-state index contributed by atoms with van der Waals surface area (Å²) in [6.07, 6.45) is 0. The molecule has 0 spiro atoms. The summed E-state index contributed by atoms with van der Waals surface area (Å²) in [4.78, 5) is 10.9. The molecule has 94 valence electrons. The minimum Gasteiger partial charge on any atom is -0.507 e. The van der Waals surface area contributed by atoms with E-state index in [-0.39, 0.29) is 11.4 Å². The molecule has 0 aliphatic rings. The van der Waals surface area contributed by atoms with Crippen LogP contribution in [0.5, 0.6) is 5.75 Å². The SMILES string of the molecule is Cc1cc(C)c(O)c(-c2cc(C(=O)O)nn2C)c1. The van der Waals surface area contributed by atoms with Crippen LogP contribution >= 0.6 is 0 Å². The lowest BCUT2D eigenvalue weighted by atomic mass is 10.0. The molecule has 0 bridgehead atoms. The molecule has 2 rings (SSSR count). The van der Waals surface area contributed by atoms with E-state index in [9.17, 15) is 9.90 Å². The zero-order valence-electron chi connectivity index (χ0n) is 10.4. The standard InChI is InChI=1S/C13H14N2O3/c1-7-4-8(2)12(16)9(5-7)11-6-10(13(17)18)14-15(11)3/h4-6,16H,1-3H3,(H,17,18). The summed E-state index contributed by atoms with van der Waals surface area (Å²) in [5, 5.41) is 22.9. The maximum Gasteiger partial charge on any atom is 0.356 e. The molecule has 5 heteroatoms. The highest BCUT2D eigenvalue weighted by Gasteiger charge is 2.16. The molecule has 1 aromatic heterocycles. The average Bonchev–Trinajstić information content (AvgIpc) is 2.66. The van der Waals surface area contributed by atoms with Gasteiger partial charge in [-0.05, 0) is 37.1 Å². The second-order valence-corrected chi connectivity index (χ2v) is 4.32. The number of aromatic hydroxyl groups is 1. The number of nitrogens with zero attached hydrogens (tertiary/aromatic N) is 2. The van der Waals surface area contributed by atoms with Crippen LogP contribution < -0.4 is 0 Å². The lowest BCUT2D eigenvalue weighted by Gasteiger charge is -2.09. The summed E-state index contributed by atoms with van der Waals surface area (Å²) in [7, 11) is 1.65. The molecule has 5 nitrogen and oxygen atoms in total. The highest BCUT2D eigenvalue weighted by atomic mass is 16.4. The number of phenolic OH excluding ortho intramolecular Hbond substituents is 1. The average molecular weight is 246 g/mol. The summed E-state index contributed by atoms with van der Waals surface area (Å²) in [6, 6.07) is 5.13. The van der Waals surface area contributed by atoms with Gasteiger partial charge >= 0.3 is 5.97 Å². The van der Waals surface area contributed by atoms with Crippen molar-refractivity contribution in [3.05, 3.63) is 35.0 Å². The summed E-state index contributed by atoms with van der Waals surface area (Å²) >= 11 is 0. The van der Waals surface area contributed by atoms with Crippen molar-refractivity contribution in [2.24, 2.45) is 7.05 Å². The molecule has 1 aromatic carbocycles. The first-order valence-electron chi connectivity index (χ1n) is 5.48. The van der Waals surface area contributed by atoms with E-state index in [0.29, 0.717) is 11.3 Å². The normalized spacial score (nSPS) is 10.6. The smallest absolute Gasteiger partial charge is 0.356 e. The Balaban J connectivity index is 2.65. The lowest BCUT2D eigenvalue weighted by Crippen LogP contribution is -1.99. The van der Waals surface area contributed by atoms with Crippen LogP contribution in [-0.2, 0) is 7.05 Å². The summed E-state index contributed by atoms with van der Waals surface area (Å²) in [5.74, 6) is -0.929. The van der Waals surface area contributed by atoms with Gasteiger partial charge in [0.2, 0.25) is 0 Å². The highest BCUT2D eigenvalue weighted by Crippen LogP contribution is 2.33. The van der Waals surface area contributed by atoms with Gasteiger partial charge in [0.1, 0.15) is 5.75 Å². The first kappa shape index (κ1) is 12.2. The lowest BCUT2D eigenvalue weighted by molar-refractivity contribution is 0.0689. The number of aromatic nitrogens is 2. The van der Waals surface area contributed by atoms with Gasteiger partial charge in [0.05, 0.1) is 5.69 Å². The van der Waals surface area contributed by atoms with Crippen molar-refractivity contribution in [2.75, 3.05) is 0 Å². The zero-order valence-corrected chi connectivity index (χ0v) is 10.4. The van der Waals surface area contributed by atoms with Crippen LogP contribution in [0.15, 0.2) is 18.2 Å². The van der Waals surface area contributed by atoms with Gasteiger partial charge in [-0.2, -0.15) is 5.10 Å². The summed E-state index contributed by atoms with van der Waals surface area (Å²) in [6.45, 7) is 3.73. The third-order valence-corrected chi connectivity index (χ3v) is 2.82. The van der Waals surface area contributed by atoms with Crippen LogP contribution in [0.1, 0.15) is 21.6 Å². The van der Waals surface area contributed by atoms with Gasteiger partial charge in [0.15, 0.2) is 5.69 Å². The molecule has 1 heterocycles. The van der Waals surface area contributed by atoms with Crippen molar-refractivity contribution in [3.8, 4) is 17.0 Å². The molecular weight excluding hydrogens is 232 g/mol. The van der Waals surface area contributed by atoms with Crippen LogP contribution in [-0.4, -0.2) is 26.0 Å². The van der Waals surface area contributed by atoms with E-state index in [2.05, 4.69) is 5.10 Å². The fourth-order valence-corrected chi connectivity index (χ4v) is 1.98. The predicted molar refractivity (Wildman–Crippen MR) is 66.7 cm³/mol. The molecule has 0 unspecified atom stereocenters. The third kappa shape index (κ3) is 1.95. The zero-order chi connectivity index (χ0) is 13.4. The van der Waals surface area contributed by atoms with Crippen molar-refractivity contribution in [2.45, 2.75) is 13.8 Å². The van der Waals surface area contributed by atoms with Crippen LogP contribution in [0.4, 0.5) is 0 Å².